The zero-order valence-electron chi connectivity index (χ0n) is 19.9. The Morgan fingerprint density at radius 1 is 1.19 bits per heavy atom. The molecular weight excluding hydrogens is 482 g/mol. The number of ether oxygens (including phenoxy) is 1. The molecular formula is C24H27N7O4S. The Hall–Kier alpha value is -3.77. The number of amides is 1. The number of hydrogen-bond donors (Lipinski definition) is 3. The van der Waals surface area contributed by atoms with Gasteiger partial charge in [0.1, 0.15) is 16.5 Å². The van der Waals surface area contributed by atoms with Crippen molar-refractivity contribution in [1.82, 2.24) is 20.3 Å². The van der Waals surface area contributed by atoms with Crippen LogP contribution in [-0.2, 0) is 22.6 Å². The monoisotopic (exact) mass is 509 g/mol. The van der Waals surface area contributed by atoms with E-state index in [1.54, 1.807) is 6.92 Å². The number of thiazole rings is 1. The molecule has 2 aliphatic heterocycles. The molecule has 4 heterocycles. The summed E-state index contributed by atoms with van der Waals surface area (Å²) in [7, 11) is 0. The number of piperazine rings is 1. The lowest BCUT2D eigenvalue weighted by Gasteiger charge is -2.29. The Morgan fingerprint density at radius 3 is 2.75 bits per heavy atom. The maximum absolute atomic E-state index is 12.1. The summed E-state index contributed by atoms with van der Waals surface area (Å²) in [5.41, 5.74) is 2.55. The van der Waals surface area contributed by atoms with Gasteiger partial charge >= 0.3 is 5.97 Å². The topological polar surface area (TPSA) is 133 Å². The van der Waals surface area contributed by atoms with Crippen LogP contribution in [-0.4, -0.2) is 71.3 Å². The number of anilines is 4. The van der Waals surface area contributed by atoms with Crippen LogP contribution in [0.25, 0.3) is 0 Å². The fraction of sp³-hybridized carbons (Fsp3) is 0.375. The highest BCUT2D eigenvalue weighted by Crippen LogP contribution is 2.35. The summed E-state index contributed by atoms with van der Waals surface area (Å²) in [5, 5.41) is 15.7. The van der Waals surface area contributed by atoms with Gasteiger partial charge in [-0.15, -0.1) is 0 Å². The number of nitrogens with zero attached hydrogens (tertiary/aromatic N) is 5. The van der Waals surface area contributed by atoms with Crippen molar-refractivity contribution in [3.63, 3.8) is 0 Å². The average molecular weight is 510 g/mol. The van der Waals surface area contributed by atoms with Gasteiger partial charge in [0.15, 0.2) is 5.13 Å². The molecule has 12 heteroatoms. The SMILES string of the molecule is Cc1nc(Nc2nc3c(c(N4CCNC(=O)C4)n2)CCN3CCOCc2ccccc2)sc1C(=O)O. The van der Waals surface area contributed by atoms with Crippen LogP contribution in [0.15, 0.2) is 30.3 Å². The van der Waals surface area contributed by atoms with E-state index >= 15 is 0 Å². The number of aromatic nitrogens is 3. The normalized spacial score (nSPS) is 15.1. The summed E-state index contributed by atoms with van der Waals surface area (Å²) in [6.45, 7) is 5.59. The highest BCUT2D eigenvalue weighted by atomic mass is 32.1. The molecule has 2 aliphatic rings. The number of benzene rings is 1. The van der Waals surface area contributed by atoms with E-state index in [-0.39, 0.29) is 17.3 Å². The Bertz CT molecular complexity index is 1270. The second kappa shape index (κ2) is 10.5. The Morgan fingerprint density at radius 2 is 2.00 bits per heavy atom. The maximum atomic E-state index is 12.1. The molecule has 1 aromatic carbocycles. The number of fused-ring (bicyclic) bond motifs is 1. The third kappa shape index (κ3) is 5.24. The van der Waals surface area contributed by atoms with E-state index in [1.165, 1.54) is 0 Å². The van der Waals surface area contributed by atoms with Crippen LogP contribution < -0.4 is 20.4 Å². The van der Waals surface area contributed by atoms with Gasteiger partial charge in [0.2, 0.25) is 11.9 Å². The van der Waals surface area contributed by atoms with Crippen LogP contribution in [0.3, 0.4) is 0 Å². The summed E-state index contributed by atoms with van der Waals surface area (Å²) >= 11 is 1.04. The molecule has 0 aliphatic carbocycles. The van der Waals surface area contributed by atoms with Gasteiger partial charge in [0.25, 0.3) is 0 Å². The first-order chi connectivity index (χ1) is 17.5. The van der Waals surface area contributed by atoms with Crippen LogP contribution in [0, 0.1) is 6.92 Å². The standard InChI is InChI=1S/C24H27N7O4S/c1-15-19(22(33)34)36-24(26-15)29-23-27-20-17(21(28-23)31-10-8-25-18(32)13-31)7-9-30(20)11-12-35-14-16-5-3-2-4-6-16/h2-6H,7-14H2,1H3,(H,25,32)(H,33,34)(H,26,27,28,29). The Labute approximate surface area is 212 Å². The molecule has 1 saturated heterocycles. The Balaban J connectivity index is 1.37. The molecule has 3 aromatic rings. The van der Waals surface area contributed by atoms with Crippen LogP contribution in [0.2, 0.25) is 0 Å². The molecule has 2 aromatic heterocycles. The second-order valence-corrected chi connectivity index (χ2v) is 9.58. The number of carboxylic acids is 1. The minimum atomic E-state index is -1.02. The first-order valence-corrected chi connectivity index (χ1v) is 12.6. The van der Waals surface area contributed by atoms with E-state index in [2.05, 4.69) is 20.5 Å². The van der Waals surface area contributed by atoms with E-state index in [0.29, 0.717) is 49.6 Å². The van der Waals surface area contributed by atoms with Crippen molar-refractivity contribution in [1.29, 1.82) is 0 Å². The number of nitrogens with one attached hydrogen (secondary N) is 2. The Kier molecular flexibility index (Phi) is 6.96. The number of aromatic carboxylic acids is 1. The summed E-state index contributed by atoms with van der Waals surface area (Å²) in [6.07, 6.45) is 0.765. The molecule has 0 unspecified atom stereocenters. The zero-order valence-corrected chi connectivity index (χ0v) is 20.7. The lowest BCUT2D eigenvalue weighted by atomic mass is 10.2. The predicted octanol–water partition coefficient (Wildman–Crippen LogP) is 2.20. The predicted molar refractivity (Wildman–Crippen MR) is 136 cm³/mol. The highest BCUT2D eigenvalue weighted by Gasteiger charge is 2.30. The molecule has 0 radical (unpaired) electrons. The van der Waals surface area contributed by atoms with Gasteiger partial charge in [-0.05, 0) is 18.9 Å². The number of carboxylic acid groups (broad SMARTS) is 1. The third-order valence-electron chi connectivity index (χ3n) is 6.06. The first-order valence-electron chi connectivity index (χ1n) is 11.7. The van der Waals surface area contributed by atoms with Crippen LogP contribution in [0.4, 0.5) is 22.7 Å². The molecule has 0 atom stereocenters. The maximum Gasteiger partial charge on any atom is 0.347 e. The lowest BCUT2D eigenvalue weighted by molar-refractivity contribution is -0.120. The number of hydrogen-bond acceptors (Lipinski definition) is 10. The van der Waals surface area contributed by atoms with Crippen LogP contribution >= 0.6 is 11.3 Å². The van der Waals surface area contributed by atoms with Gasteiger partial charge < -0.3 is 25.0 Å². The van der Waals surface area contributed by atoms with Gasteiger partial charge in [-0.25, -0.2) is 9.78 Å². The fourth-order valence-corrected chi connectivity index (χ4v) is 5.13. The molecule has 5 rings (SSSR count). The number of aryl methyl sites for hydroxylation is 1. The molecule has 3 N–H and O–H groups in total. The fourth-order valence-electron chi connectivity index (χ4n) is 4.34. The van der Waals surface area contributed by atoms with E-state index in [4.69, 9.17) is 14.7 Å². The van der Waals surface area contributed by atoms with Gasteiger partial charge in [-0.2, -0.15) is 9.97 Å². The van der Waals surface area contributed by atoms with Gasteiger partial charge in [0, 0.05) is 31.7 Å². The van der Waals surface area contributed by atoms with Crippen molar-refractivity contribution in [2.45, 2.75) is 20.0 Å². The molecule has 1 fully saturated rings. The van der Waals surface area contributed by atoms with Crippen molar-refractivity contribution in [3.05, 3.63) is 52.0 Å². The quantitative estimate of drug-likeness (QED) is 0.369. The van der Waals surface area contributed by atoms with Crippen molar-refractivity contribution in [2.75, 3.05) is 54.4 Å². The summed E-state index contributed by atoms with van der Waals surface area (Å²) in [4.78, 5) is 41.6. The first kappa shape index (κ1) is 23.9. The number of rotatable bonds is 9. The summed E-state index contributed by atoms with van der Waals surface area (Å²) in [6, 6.07) is 10.0. The smallest absolute Gasteiger partial charge is 0.347 e. The van der Waals surface area contributed by atoms with Crippen LogP contribution in [0.1, 0.15) is 26.5 Å². The zero-order chi connectivity index (χ0) is 25.1. The molecule has 188 valence electrons. The van der Waals surface area contributed by atoms with E-state index < -0.39 is 5.97 Å². The molecule has 1 amide bonds. The van der Waals surface area contributed by atoms with E-state index in [0.717, 1.165) is 47.1 Å². The van der Waals surface area contributed by atoms with Gasteiger partial charge in [-0.3, -0.25) is 10.1 Å². The molecule has 0 spiro atoms. The minimum Gasteiger partial charge on any atom is -0.477 e. The van der Waals surface area contributed by atoms with Crippen LogP contribution in [0.5, 0.6) is 0 Å². The van der Waals surface area contributed by atoms with Crippen molar-refractivity contribution < 1.29 is 19.4 Å². The molecule has 36 heavy (non-hydrogen) atoms. The highest BCUT2D eigenvalue weighted by molar-refractivity contribution is 7.17. The lowest BCUT2D eigenvalue weighted by Crippen LogP contribution is -2.48. The van der Waals surface area contributed by atoms with Crippen molar-refractivity contribution in [3.8, 4) is 0 Å². The van der Waals surface area contributed by atoms with Crippen molar-refractivity contribution in [2.24, 2.45) is 0 Å². The van der Waals surface area contributed by atoms with Gasteiger partial charge in [0.05, 0.1) is 25.5 Å². The average Bonchev–Trinajstić information content (AvgIpc) is 3.45. The van der Waals surface area contributed by atoms with E-state index in [1.807, 2.05) is 35.2 Å². The minimum absolute atomic E-state index is 0.0473. The number of carbonyl (C=O) groups is 2. The van der Waals surface area contributed by atoms with Gasteiger partial charge in [-0.1, -0.05) is 41.7 Å². The second-order valence-electron chi connectivity index (χ2n) is 8.58. The van der Waals surface area contributed by atoms with Crippen molar-refractivity contribution >= 4 is 45.9 Å². The molecule has 0 saturated carbocycles. The molecule has 0 bridgehead atoms. The molecule has 11 nitrogen and oxygen atoms in total. The summed E-state index contributed by atoms with van der Waals surface area (Å²) in [5.74, 6) is 0.765. The van der Waals surface area contributed by atoms with E-state index in [9.17, 15) is 14.7 Å². The number of carbonyl (C=O) groups excluding carboxylic acids is 1. The summed E-state index contributed by atoms with van der Waals surface area (Å²) < 4.78 is 5.89. The largest absolute Gasteiger partial charge is 0.477 e. The third-order valence-corrected chi connectivity index (χ3v) is 7.12.